The third kappa shape index (κ3) is 8.44. The van der Waals surface area contributed by atoms with Crippen molar-refractivity contribution in [1.82, 2.24) is 0 Å². The topological polar surface area (TPSA) is 75.4 Å². The number of nitrogens with two attached hydrogens (primary N) is 1. The van der Waals surface area contributed by atoms with E-state index in [0.717, 1.165) is 25.7 Å². The summed E-state index contributed by atoms with van der Waals surface area (Å²) in [6, 6.07) is 0. The summed E-state index contributed by atoms with van der Waals surface area (Å²) in [5.41, 5.74) is 5.31. The molecule has 0 heterocycles. The molecule has 0 spiro atoms. The molecule has 5 heteroatoms. The second kappa shape index (κ2) is 7.51. The third-order valence-corrected chi connectivity index (χ3v) is 3.12. The lowest BCUT2D eigenvalue weighted by molar-refractivity contribution is -0.198. The highest BCUT2D eigenvalue weighted by molar-refractivity contribution is 7.51. The van der Waals surface area contributed by atoms with Crippen LogP contribution in [0.1, 0.15) is 32.6 Å². The van der Waals surface area contributed by atoms with E-state index in [4.69, 9.17) is 10.3 Å². The van der Waals surface area contributed by atoms with Gasteiger partial charge in [-0.15, -0.1) is 0 Å². The van der Waals surface area contributed by atoms with Crippen molar-refractivity contribution in [1.29, 1.82) is 0 Å². The fourth-order valence-corrected chi connectivity index (χ4v) is 1.48. The van der Waals surface area contributed by atoms with Gasteiger partial charge in [-0.25, -0.2) is 0 Å². The number of unbranched alkanes of at least 4 members (excludes halogenated alkanes) is 3. The van der Waals surface area contributed by atoms with Crippen molar-refractivity contribution in [2.24, 2.45) is 5.73 Å². The molecule has 2 N–H and O–H groups in total. The summed E-state index contributed by atoms with van der Waals surface area (Å²) in [5, 5.41) is 0. The van der Waals surface area contributed by atoms with Gasteiger partial charge in [0.15, 0.2) is 0 Å². The first-order chi connectivity index (χ1) is 6.12. The van der Waals surface area contributed by atoms with E-state index in [9.17, 15) is 9.46 Å². The van der Waals surface area contributed by atoms with E-state index in [2.05, 4.69) is 0 Å². The Balaban J connectivity index is 3.21. The van der Waals surface area contributed by atoms with Crippen molar-refractivity contribution < 1.29 is 14.0 Å². The SMILES string of the molecule is CCP(=O)([O-])OCCCCCCN. The molecule has 13 heavy (non-hydrogen) atoms. The van der Waals surface area contributed by atoms with Crippen LogP contribution in [0.2, 0.25) is 0 Å². The molecule has 0 fully saturated rings. The summed E-state index contributed by atoms with van der Waals surface area (Å²) in [5.74, 6) is 0. The first kappa shape index (κ1) is 13.1. The standard InChI is InChI=1S/C8H20NO3P/c1-2-13(10,11)12-8-6-4-3-5-7-9/h2-9H2,1H3,(H,10,11)/p-1. The van der Waals surface area contributed by atoms with Crippen LogP contribution in [-0.4, -0.2) is 19.3 Å². The largest absolute Gasteiger partial charge is 0.779 e. The van der Waals surface area contributed by atoms with Gasteiger partial charge in [-0.1, -0.05) is 19.8 Å². The maximum atomic E-state index is 10.9. The number of hydrogen-bond acceptors (Lipinski definition) is 4. The Labute approximate surface area is 80.0 Å². The molecule has 0 aliphatic carbocycles. The highest BCUT2D eigenvalue weighted by atomic mass is 31.2. The molecule has 0 rings (SSSR count). The van der Waals surface area contributed by atoms with Crippen LogP contribution in [0.3, 0.4) is 0 Å². The van der Waals surface area contributed by atoms with E-state index >= 15 is 0 Å². The van der Waals surface area contributed by atoms with Gasteiger partial charge in [0.25, 0.3) is 0 Å². The normalized spacial score (nSPS) is 15.6. The number of rotatable bonds is 8. The van der Waals surface area contributed by atoms with E-state index in [1.54, 1.807) is 6.92 Å². The molecule has 0 aliphatic heterocycles. The lowest BCUT2D eigenvalue weighted by Gasteiger charge is -2.21. The molecule has 0 saturated carbocycles. The van der Waals surface area contributed by atoms with E-state index in [-0.39, 0.29) is 6.16 Å². The highest BCUT2D eigenvalue weighted by Crippen LogP contribution is 2.35. The van der Waals surface area contributed by atoms with Crippen molar-refractivity contribution >= 4 is 7.60 Å². The van der Waals surface area contributed by atoms with E-state index in [1.807, 2.05) is 0 Å². The Bertz CT molecular complexity index is 163. The summed E-state index contributed by atoms with van der Waals surface area (Å²) in [4.78, 5) is 10.9. The van der Waals surface area contributed by atoms with Crippen LogP contribution >= 0.6 is 7.60 Å². The molecule has 0 saturated heterocycles. The van der Waals surface area contributed by atoms with Gasteiger partial charge in [-0.05, 0) is 19.4 Å². The molecule has 0 aromatic rings. The Kier molecular flexibility index (Phi) is 7.57. The zero-order valence-corrected chi connectivity index (χ0v) is 9.09. The maximum Gasteiger partial charge on any atom is 0.134 e. The molecule has 0 amide bonds. The molecule has 4 nitrogen and oxygen atoms in total. The molecular formula is C8H19NO3P-. The first-order valence-corrected chi connectivity index (χ1v) is 6.50. The molecule has 1 unspecified atom stereocenters. The van der Waals surface area contributed by atoms with Crippen LogP contribution in [-0.2, 0) is 9.09 Å². The molecule has 0 radical (unpaired) electrons. The van der Waals surface area contributed by atoms with Crippen LogP contribution in [0.25, 0.3) is 0 Å². The summed E-state index contributed by atoms with van der Waals surface area (Å²) >= 11 is 0. The Morgan fingerprint density at radius 2 is 1.92 bits per heavy atom. The third-order valence-electron chi connectivity index (χ3n) is 1.77. The second-order valence-corrected chi connectivity index (χ2v) is 5.08. The zero-order chi connectivity index (χ0) is 10.2. The van der Waals surface area contributed by atoms with E-state index < -0.39 is 7.60 Å². The summed E-state index contributed by atoms with van der Waals surface area (Å²) < 4.78 is 15.6. The van der Waals surface area contributed by atoms with Gasteiger partial charge in [-0.2, -0.15) is 0 Å². The minimum absolute atomic E-state index is 0.0792. The number of hydrogen-bond donors (Lipinski definition) is 1. The smallest absolute Gasteiger partial charge is 0.134 e. The quantitative estimate of drug-likeness (QED) is 0.478. The summed E-state index contributed by atoms with van der Waals surface area (Å²) in [7, 11) is -3.50. The van der Waals surface area contributed by atoms with Crippen molar-refractivity contribution in [3.63, 3.8) is 0 Å². The van der Waals surface area contributed by atoms with Crippen molar-refractivity contribution in [3.8, 4) is 0 Å². The minimum Gasteiger partial charge on any atom is -0.779 e. The summed E-state index contributed by atoms with van der Waals surface area (Å²) in [6.45, 7) is 2.61. The molecular weight excluding hydrogens is 189 g/mol. The fraction of sp³-hybridized carbons (Fsp3) is 1.00. The molecule has 0 aromatic heterocycles. The van der Waals surface area contributed by atoms with Gasteiger partial charge < -0.3 is 19.7 Å². The Hall–Kier alpha value is 0.110. The van der Waals surface area contributed by atoms with Crippen LogP contribution in [0.5, 0.6) is 0 Å². The second-order valence-electron chi connectivity index (χ2n) is 2.96. The first-order valence-electron chi connectivity index (χ1n) is 4.77. The van der Waals surface area contributed by atoms with Crippen molar-refractivity contribution in [2.45, 2.75) is 32.6 Å². The average Bonchev–Trinajstić information content (AvgIpc) is 2.11. The van der Waals surface area contributed by atoms with Gasteiger partial charge in [0, 0.05) is 6.16 Å². The maximum absolute atomic E-state index is 10.9. The van der Waals surface area contributed by atoms with Crippen LogP contribution < -0.4 is 10.6 Å². The molecule has 0 bridgehead atoms. The van der Waals surface area contributed by atoms with Gasteiger partial charge >= 0.3 is 0 Å². The summed E-state index contributed by atoms with van der Waals surface area (Å²) in [6.07, 6.45) is 3.92. The molecule has 0 aliphatic rings. The van der Waals surface area contributed by atoms with Crippen molar-refractivity contribution in [3.05, 3.63) is 0 Å². The lowest BCUT2D eigenvalue weighted by Crippen LogP contribution is -2.07. The van der Waals surface area contributed by atoms with Crippen LogP contribution in [0.15, 0.2) is 0 Å². The Morgan fingerprint density at radius 1 is 1.31 bits per heavy atom. The van der Waals surface area contributed by atoms with Gasteiger partial charge in [0.1, 0.15) is 7.60 Å². The zero-order valence-electron chi connectivity index (χ0n) is 8.20. The monoisotopic (exact) mass is 208 g/mol. The molecule has 80 valence electrons. The highest BCUT2D eigenvalue weighted by Gasteiger charge is 2.02. The van der Waals surface area contributed by atoms with Gasteiger partial charge in [-0.3, -0.25) is 0 Å². The van der Waals surface area contributed by atoms with E-state index in [1.165, 1.54) is 0 Å². The van der Waals surface area contributed by atoms with Gasteiger partial charge in [0.05, 0.1) is 6.61 Å². The minimum atomic E-state index is -3.50. The predicted molar refractivity (Wildman–Crippen MR) is 51.6 cm³/mol. The van der Waals surface area contributed by atoms with Crippen LogP contribution in [0.4, 0.5) is 0 Å². The Morgan fingerprint density at radius 3 is 2.46 bits per heavy atom. The van der Waals surface area contributed by atoms with Crippen LogP contribution in [0, 0.1) is 0 Å². The van der Waals surface area contributed by atoms with Crippen molar-refractivity contribution in [2.75, 3.05) is 19.3 Å². The van der Waals surface area contributed by atoms with Gasteiger partial charge in [0.2, 0.25) is 0 Å². The average molecular weight is 208 g/mol. The molecule has 0 aromatic carbocycles. The lowest BCUT2D eigenvalue weighted by atomic mass is 10.2. The fourth-order valence-electron chi connectivity index (χ4n) is 0.895. The van der Waals surface area contributed by atoms with E-state index in [0.29, 0.717) is 13.2 Å². The predicted octanol–water partition coefficient (Wildman–Crippen LogP) is 1.10. The molecule has 1 atom stereocenters.